The predicted octanol–water partition coefficient (Wildman–Crippen LogP) is 8.70. The van der Waals surface area contributed by atoms with E-state index < -0.39 is 42.0 Å². The SMILES string of the molecule is O=C(OC1CCCc2ccccc21)C1CC(c2c(F)cccc2F)=NC1c1ccc(-c2ccc(OC(F)(F)F)cc2)cc1. The van der Waals surface area contributed by atoms with Crippen LogP contribution in [0.2, 0.25) is 0 Å². The molecule has 4 aromatic carbocycles. The molecule has 6 rings (SSSR count). The summed E-state index contributed by atoms with van der Waals surface area (Å²) in [6, 6.07) is 23.1. The van der Waals surface area contributed by atoms with E-state index in [4.69, 9.17) is 4.74 Å². The van der Waals surface area contributed by atoms with Crippen LogP contribution in [-0.4, -0.2) is 18.0 Å². The van der Waals surface area contributed by atoms with Gasteiger partial charge in [-0.3, -0.25) is 9.79 Å². The summed E-state index contributed by atoms with van der Waals surface area (Å²) in [6.45, 7) is 0. The molecule has 0 spiro atoms. The zero-order chi connectivity index (χ0) is 30.1. The number of hydrogen-bond donors (Lipinski definition) is 0. The first-order valence-corrected chi connectivity index (χ1v) is 13.9. The third-order valence-electron chi connectivity index (χ3n) is 7.89. The maximum atomic E-state index is 14.7. The van der Waals surface area contributed by atoms with Crippen molar-refractivity contribution in [1.82, 2.24) is 0 Å². The molecule has 9 heteroatoms. The summed E-state index contributed by atoms with van der Waals surface area (Å²) < 4.78 is 77.0. The van der Waals surface area contributed by atoms with Crippen molar-refractivity contribution in [2.24, 2.45) is 10.9 Å². The minimum Gasteiger partial charge on any atom is -0.457 e. The minimum absolute atomic E-state index is 0.00185. The Hall–Kier alpha value is -4.53. The van der Waals surface area contributed by atoms with Crippen molar-refractivity contribution in [2.75, 3.05) is 0 Å². The molecule has 1 heterocycles. The average molecular weight is 592 g/mol. The van der Waals surface area contributed by atoms with Gasteiger partial charge in [-0.15, -0.1) is 13.2 Å². The van der Waals surface area contributed by atoms with Crippen molar-refractivity contribution in [1.29, 1.82) is 0 Å². The number of hydrogen-bond acceptors (Lipinski definition) is 4. The van der Waals surface area contributed by atoms with Gasteiger partial charge in [-0.2, -0.15) is 0 Å². The molecule has 3 atom stereocenters. The highest BCUT2D eigenvalue weighted by Crippen LogP contribution is 2.41. The highest BCUT2D eigenvalue weighted by Gasteiger charge is 2.40. The van der Waals surface area contributed by atoms with Gasteiger partial charge < -0.3 is 9.47 Å². The molecule has 0 saturated carbocycles. The normalized spacial score (nSPS) is 19.8. The molecule has 3 unspecified atom stereocenters. The van der Waals surface area contributed by atoms with Crippen LogP contribution in [0.15, 0.2) is 96.0 Å². The van der Waals surface area contributed by atoms with Gasteiger partial charge in [0, 0.05) is 12.1 Å². The first kappa shape index (κ1) is 28.6. The Bertz CT molecular complexity index is 1640. The van der Waals surface area contributed by atoms with E-state index in [1.165, 1.54) is 30.3 Å². The van der Waals surface area contributed by atoms with E-state index in [0.717, 1.165) is 36.1 Å². The molecule has 220 valence electrons. The van der Waals surface area contributed by atoms with Crippen LogP contribution >= 0.6 is 0 Å². The second-order valence-corrected chi connectivity index (χ2v) is 10.6. The van der Waals surface area contributed by atoms with E-state index in [0.29, 0.717) is 23.1 Å². The number of halogens is 5. The van der Waals surface area contributed by atoms with E-state index in [1.807, 2.05) is 24.3 Å². The molecule has 0 N–H and O–H groups in total. The van der Waals surface area contributed by atoms with Crippen LogP contribution in [0.1, 0.15) is 53.7 Å². The Morgan fingerprint density at radius 1 is 0.814 bits per heavy atom. The van der Waals surface area contributed by atoms with Crippen LogP contribution in [0.4, 0.5) is 22.0 Å². The number of rotatable bonds is 6. The molecule has 0 amide bonds. The predicted molar refractivity (Wildman–Crippen MR) is 151 cm³/mol. The van der Waals surface area contributed by atoms with Gasteiger partial charge in [0.25, 0.3) is 0 Å². The lowest BCUT2D eigenvalue weighted by atomic mass is 9.88. The molecule has 4 nitrogen and oxygen atoms in total. The number of carbonyl (C=O) groups is 1. The summed E-state index contributed by atoms with van der Waals surface area (Å²) >= 11 is 0. The molecule has 2 aliphatic rings. The van der Waals surface area contributed by atoms with Gasteiger partial charge >= 0.3 is 12.3 Å². The topological polar surface area (TPSA) is 47.9 Å². The smallest absolute Gasteiger partial charge is 0.457 e. The van der Waals surface area contributed by atoms with Crippen LogP contribution < -0.4 is 4.74 Å². The maximum absolute atomic E-state index is 14.7. The number of fused-ring (bicyclic) bond motifs is 1. The fraction of sp³-hybridized carbons (Fsp3) is 0.235. The van der Waals surface area contributed by atoms with Crippen LogP contribution in [0.5, 0.6) is 5.75 Å². The van der Waals surface area contributed by atoms with Crippen LogP contribution in [0.3, 0.4) is 0 Å². The van der Waals surface area contributed by atoms with Crippen molar-refractivity contribution >= 4 is 11.7 Å². The Balaban J connectivity index is 1.28. The molecule has 0 bridgehead atoms. The zero-order valence-electron chi connectivity index (χ0n) is 22.8. The van der Waals surface area contributed by atoms with E-state index in [1.54, 1.807) is 24.3 Å². The summed E-state index contributed by atoms with van der Waals surface area (Å²) in [4.78, 5) is 18.3. The van der Waals surface area contributed by atoms with E-state index in [9.17, 15) is 26.7 Å². The van der Waals surface area contributed by atoms with Crippen LogP contribution in [-0.2, 0) is 16.0 Å². The second-order valence-electron chi connectivity index (χ2n) is 10.6. The Kier molecular flexibility index (Phi) is 7.73. The number of nitrogens with zero attached hydrogens (tertiary/aromatic N) is 1. The number of esters is 1. The first-order chi connectivity index (χ1) is 20.7. The summed E-state index contributed by atoms with van der Waals surface area (Å²) in [5, 5.41) is 0. The quantitative estimate of drug-likeness (QED) is 0.167. The summed E-state index contributed by atoms with van der Waals surface area (Å²) in [7, 11) is 0. The minimum atomic E-state index is -4.78. The summed E-state index contributed by atoms with van der Waals surface area (Å²) in [6.07, 6.45) is -2.75. The monoisotopic (exact) mass is 591 g/mol. The van der Waals surface area contributed by atoms with Crippen molar-refractivity contribution in [3.63, 3.8) is 0 Å². The van der Waals surface area contributed by atoms with Gasteiger partial charge in [-0.25, -0.2) is 8.78 Å². The largest absolute Gasteiger partial charge is 0.573 e. The fourth-order valence-electron chi connectivity index (χ4n) is 5.87. The number of benzene rings is 4. The van der Waals surface area contributed by atoms with Gasteiger partial charge in [-0.05, 0) is 71.3 Å². The highest BCUT2D eigenvalue weighted by molar-refractivity contribution is 6.04. The number of aliphatic imine (C=N–C) groups is 1. The molecule has 0 radical (unpaired) electrons. The summed E-state index contributed by atoms with van der Waals surface area (Å²) in [5.74, 6) is -3.16. The van der Waals surface area contributed by atoms with Crippen molar-refractivity contribution in [3.05, 3.63) is 125 Å². The Morgan fingerprint density at radius 3 is 2.14 bits per heavy atom. The number of aryl methyl sites for hydroxylation is 1. The van der Waals surface area contributed by atoms with Crippen molar-refractivity contribution in [3.8, 4) is 16.9 Å². The van der Waals surface area contributed by atoms with E-state index >= 15 is 0 Å². The number of carbonyl (C=O) groups excluding carboxylic acids is 1. The standard InChI is InChI=1S/C34H26F5NO3/c35-27-8-4-9-28(36)31(27)29-19-26(33(41)42-30-10-3-6-22-5-1-2-7-25(22)30)32(40-29)23-13-11-20(12-14-23)21-15-17-24(18-16-21)43-34(37,38)39/h1-2,4-5,7-9,11-18,26,30,32H,3,6,10,19H2. The molecule has 1 aliphatic heterocycles. The van der Waals surface area contributed by atoms with E-state index in [-0.39, 0.29) is 23.4 Å². The molecule has 0 aromatic heterocycles. The van der Waals surface area contributed by atoms with E-state index in [2.05, 4.69) is 9.73 Å². The van der Waals surface area contributed by atoms with Gasteiger partial charge in [0.05, 0.1) is 17.5 Å². The van der Waals surface area contributed by atoms with Gasteiger partial charge in [0.15, 0.2) is 0 Å². The lowest BCUT2D eigenvalue weighted by Crippen LogP contribution is -2.25. The van der Waals surface area contributed by atoms with Crippen molar-refractivity contribution < 1.29 is 36.2 Å². The van der Waals surface area contributed by atoms with Crippen molar-refractivity contribution in [2.45, 2.75) is 44.2 Å². The van der Waals surface area contributed by atoms with Gasteiger partial charge in [0.2, 0.25) is 0 Å². The lowest BCUT2D eigenvalue weighted by Gasteiger charge is -2.27. The molecule has 0 saturated heterocycles. The maximum Gasteiger partial charge on any atom is 0.573 e. The number of alkyl halides is 3. The second kappa shape index (κ2) is 11.6. The molecular formula is C34H26F5NO3. The Morgan fingerprint density at radius 2 is 1.47 bits per heavy atom. The van der Waals surface area contributed by atoms with Gasteiger partial charge in [-0.1, -0.05) is 66.7 Å². The third-order valence-corrected chi connectivity index (χ3v) is 7.89. The first-order valence-electron chi connectivity index (χ1n) is 13.9. The number of ether oxygens (including phenoxy) is 2. The molecule has 4 aromatic rings. The zero-order valence-corrected chi connectivity index (χ0v) is 22.8. The molecule has 43 heavy (non-hydrogen) atoms. The average Bonchev–Trinajstić information content (AvgIpc) is 3.42. The van der Waals surface area contributed by atoms with Gasteiger partial charge in [0.1, 0.15) is 23.5 Å². The Labute approximate surface area is 244 Å². The third kappa shape index (κ3) is 6.16. The fourth-order valence-corrected chi connectivity index (χ4v) is 5.87. The highest BCUT2D eigenvalue weighted by atomic mass is 19.4. The van der Waals surface area contributed by atoms with Crippen LogP contribution in [0.25, 0.3) is 11.1 Å². The summed E-state index contributed by atoms with van der Waals surface area (Å²) in [5.41, 5.74) is 3.99. The molecular weight excluding hydrogens is 565 g/mol. The van der Waals surface area contributed by atoms with Crippen LogP contribution in [0, 0.1) is 17.6 Å². The lowest BCUT2D eigenvalue weighted by molar-refractivity contribution is -0.274. The molecule has 0 fully saturated rings. The molecule has 1 aliphatic carbocycles.